The lowest BCUT2D eigenvalue weighted by atomic mass is 10.2. The molecule has 0 bridgehead atoms. The molecule has 152 valence electrons. The van der Waals surface area contributed by atoms with Crippen LogP contribution in [-0.4, -0.2) is 36.9 Å². The summed E-state index contributed by atoms with van der Waals surface area (Å²) in [5.74, 6) is 0.125. The molecule has 3 aromatic rings. The second kappa shape index (κ2) is 9.00. The van der Waals surface area contributed by atoms with Gasteiger partial charge in [-0.3, -0.25) is 0 Å². The lowest BCUT2D eigenvalue weighted by Crippen LogP contribution is -2.10. The molecule has 2 aromatic carbocycles. The zero-order chi connectivity index (χ0) is 20.8. The van der Waals surface area contributed by atoms with Crippen molar-refractivity contribution in [1.82, 2.24) is 10.1 Å². The SMILES string of the molecule is COc1ccc(-c2noc(COC(=O)c3ccccc3OC(F)F)n2)c(OC)c1. The number of esters is 1. The molecule has 10 heteroatoms. The van der Waals surface area contributed by atoms with Gasteiger partial charge in [0.05, 0.1) is 19.8 Å². The van der Waals surface area contributed by atoms with Crippen LogP contribution in [-0.2, 0) is 11.3 Å². The highest BCUT2D eigenvalue weighted by atomic mass is 19.3. The molecule has 0 aliphatic rings. The molecule has 29 heavy (non-hydrogen) atoms. The number of nitrogens with zero attached hydrogens (tertiary/aromatic N) is 2. The van der Waals surface area contributed by atoms with Gasteiger partial charge < -0.3 is 23.5 Å². The van der Waals surface area contributed by atoms with Gasteiger partial charge in [-0.1, -0.05) is 17.3 Å². The van der Waals surface area contributed by atoms with Crippen LogP contribution in [0.15, 0.2) is 47.0 Å². The summed E-state index contributed by atoms with van der Waals surface area (Å²) in [5, 5.41) is 3.84. The maximum Gasteiger partial charge on any atom is 0.387 e. The van der Waals surface area contributed by atoms with E-state index in [1.165, 1.54) is 38.5 Å². The number of rotatable bonds is 8. The molecule has 0 aliphatic carbocycles. The lowest BCUT2D eigenvalue weighted by Gasteiger charge is -2.09. The summed E-state index contributed by atoms with van der Waals surface area (Å²) < 4.78 is 49.8. The maximum atomic E-state index is 12.5. The number of halogens is 2. The van der Waals surface area contributed by atoms with E-state index in [-0.39, 0.29) is 29.6 Å². The minimum absolute atomic E-state index is 0.0125. The molecule has 0 atom stereocenters. The summed E-state index contributed by atoms with van der Waals surface area (Å²) in [6.45, 7) is -3.42. The fourth-order valence-corrected chi connectivity index (χ4v) is 2.45. The van der Waals surface area contributed by atoms with Crippen molar-refractivity contribution in [2.45, 2.75) is 13.2 Å². The van der Waals surface area contributed by atoms with Crippen LogP contribution in [0.25, 0.3) is 11.4 Å². The lowest BCUT2D eigenvalue weighted by molar-refractivity contribution is -0.0505. The summed E-state index contributed by atoms with van der Waals surface area (Å²) in [6.07, 6.45) is 0. The Labute approximate surface area is 164 Å². The third-order valence-electron chi connectivity index (χ3n) is 3.77. The number of ether oxygens (including phenoxy) is 4. The van der Waals surface area contributed by atoms with Crippen molar-refractivity contribution in [2.24, 2.45) is 0 Å². The Bertz CT molecular complexity index is 992. The number of hydrogen-bond donors (Lipinski definition) is 0. The van der Waals surface area contributed by atoms with Gasteiger partial charge in [0, 0.05) is 6.07 Å². The van der Waals surface area contributed by atoms with E-state index in [4.69, 9.17) is 18.7 Å². The van der Waals surface area contributed by atoms with Gasteiger partial charge in [0.25, 0.3) is 5.89 Å². The number of para-hydroxylation sites is 1. The van der Waals surface area contributed by atoms with E-state index in [1.807, 2.05) is 0 Å². The van der Waals surface area contributed by atoms with Crippen LogP contribution in [0.5, 0.6) is 17.2 Å². The highest BCUT2D eigenvalue weighted by molar-refractivity contribution is 5.92. The van der Waals surface area contributed by atoms with Crippen LogP contribution in [0.1, 0.15) is 16.2 Å². The van der Waals surface area contributed by atoms with Gasteiger partial charge >= 0.3 is 12.6 Å². The first-order valence-electron chi connectivity index (χ1n) is 8.27. The highest BCUT2D eigenvalue weighted by Gasteiger charge is 2.19. The average molecular weight is 406 g/mol. The summed E-state index contributed by atoms with van der Waals surface area (Å²) >= 11 is 0. The molecule has 0 radical (unpaired) electrons. The molecule has 0 spiro atoms. The van der Waals surface area contributed by atoms with Crippen molar-refractivity contribution in [3.63, 3.8) is 0 Å². The average Bonchev–Trinajstić information content (AvgIpc) is 3.20. The smallest absolute Gasteiger partial charge is 0.387 e. The van der Waals surface area contributed by atoms with Crippen molar-refractivity contribution in [3.05, 3.63) is 53.9 Å². The molecule has 0 aliphatic heterocycles. The van der Waals surface area contributed by atoms with Gasteiger partial charge in [-0.15, -0.1) is 0 Å². The Kier molecular flexibility index (Phi) is 6.22. The summed E-state index contributed by atoms with van der Waals surface area (Å²) in [4.78, 5) is 16.4. The number of carbonyl (C=O) groups excluding carboxylic acids is 1. The van der Waals surface area contributed by atoms with Gasteiger partial charge in [0.1, 0.15) is 22.8 Å². The van der Waals surface area contributed by atoms with E-state index in [0.717, 1.165) is 0 Å². The quantitative estimate of drug-likeness (QED) is 0.523. The van der Waals surface area contributed by atoms with Gasteiger partial charge in [-0.25, -0.2) is 4.79 Å². The summed E-state index contributed by atoms with van der Waals surface area (Å²) in [5.41, 5.74) is 0.398. The first-order valence-corrected chi connectivity index (χ1v) is 8.27. The monoisotopic (exact) mass is 406 g/mol. The Morgan fingerprint density at radius 2 is 1.90 bits per heavy atom. The minimum atomic E-state index is -3.07. The second-order valence-electron chi connectivity index (χ2n) is 5.53. The van der Waals surface area contributed by atoms with Crippen molar-refractivity contribution in [2.75, 3.05) is 14.2 Å². The molecule has 0 fully saturated rings. The molecule has 1 heterocycles. The molecule has 0 saturated heterocycles. The number of aromatic nitrogens is 2. The summed E-state index contributed by atoms with van der Waals surface area (Å²) in [6, 6.07) is 10.6. The second-order valence-corrected chi connectivity index (χ2v) is 5.53. The molecule has 0 amide bonds. The third kappa shape index (κ3) is 4.78. The van der Waals surface area contributed by atoms with Gasteiger partial charge in [-0.05, 0) is 24.3 Å². The molecule has 0 N–H and O–H groups in total. The molecular formula is C19H16F2N2O6. The van der Waals surface area contributed by atoms with Crippen LogP contribution < -0.4 is 14.2 Å². The minimum Gasteiger partial charge on any atom is -0.497 e. The first kappa shape index (κ1) is 20.1. The molecular weight excluding hydrogens is 390 g/mol. The van der Waals surface area contributed by atoms with Crippen LogP contribution >= 0.6 is 0 Å². The summed E-state index contributed by atoms with van der Waals surface area (Å²) in [7, 11) is 3.01. The van der Waals surface area contributed by atoms with Crippen LogP contribution in [0.3, 0.4) is 0 Å². The third-order valence-corrected chi connectivity index (χ3v) is 3.77. The fourth-order valence-electron chi connectivity index (χ4n) is 2.45. The van der Waals surface area contributed by atoms with Crippen molar-refractivity contribution < 1.29 is 37.0 Å². The Morgan fingerprint density at radius 3 is 2.62 bits per heavy atom. The first-order chi connectivity index (χ1) is 14.0. The molecule has 3 rings (SSSR count). The normalized spacial score (nSPS) is 10.7. The van der Waals surface area contributed by atoms with E-state index >= 15 is 0 Å². The number of benzene rings is 2. The van der Waals surface area contributed by atoms with Gasteiger partial charge in [0.15, 0.2) is 6.61 Å². The van der Waals surface area contributed by atoms with Crippen molar-refractivity contribution in [3.8, 4) is 28.6 Å². The Balaban J connectivity index is 1.71. The Morgan fingerprint density at radius 1 is 1.10 bits per heavy atom. The van der Waals surface area contributed by atoms with Crippen molar-refractivity contribution >= 4 is 5.97 Å². The topological polar surface area (TPSA) is 92.9 Å². The number of hydrogen-bond acceptors (Lipinski definition) is 8. The largest absolute Gasteiger partial charge is 0.497 e. The van der Waals surface area contributed by atoms with Crippen molar-refractivity contribution in [1.29, 1.82) is 0 Å². The van der Waals surface area contributed by atoms with Gasteiger partial charge in [-0.2, -0.15) is 13.8 Å². The Hall–Kier alpha value is -3.69. The predicted octanol–water partition coefficient (Wildman–Crippen LogP) is 3.71. The van der Waals surface area contributed by atoms with E-state index in [9.17, 15) is 13.6 Å². The van der Waals surface area contributed by atoms with E-state index in [0.29, 0.717) is 17.1 Å². The predicted molar refractivity (Wildman–Crippen MR) is 95.0 cm³/mol. The zero-order valence-electron chi connectivity index (χ0n) is 15.4. The van der Waals surface area contributed by atoms with E-state index in [2.05, 4.69) is 14.9 Å². The fraction of sp³-hybridized carbons (Fsp3) is 0.211. The number of methoxy groups -OCH3 is 2. The van der Waals surface area contributed by atoms with Crippen LogP contribution in [0.4, 0.5) is 8.78 Å². The molecule has 0 saturated carbocycles. The van der Waals surface area contributed by atoms with Crippen LogP contribution in [0, 0.1) is 0 Å². The standard InChI is InChI=1S/C19H16F2N2O6/c1-25-11-7-8-12(15(9-11)26-2)17-22-16(29-23-17)10-27-18(24)13-5-3-4-6-14(13)28-19(20)21/h3-9,19H,10H2,1-2H3. The van der Waals surface area contributed by atoms with E-state index in [1.54, 1.807) is 18.2 Å². The number of carbonyl (C=O) groups is 1. The van der Waals surface area contributed by atoms with E-state index < -0.39 is 12.6 Å². The number of alkyl halides is 2. The highest BCUT2D eigenvalue weighted by Crippen LogP contribution is 2.31. The molecule has 0 unspecified atom stereocenters. The molecule has 1 aromatic heterocycles. The maximum absolute atomic E-state index is 12.5. The van der Waals surface area contributed by atoms with Gasteiger partial charge in [0.2, 0.25) is 5.82 Å². The molecule has 8 nitrogen and oxygen atoms in total. The zero-order valence-corrected chi connectivity index (χ0v) is 15.4. The van der Waals surface area contributed by atoms with Crippen LogP contribution in [0.2, 0.25) is 0 Å².